The van der Waals surface area contributed by atoms with Gasteiger partial charge in [0.2, 0.25) is 0 Å². The highest BCUT2D eigenvalue weighted by Crippen LogP contribution is 2.21. The molecule has 1 aromatic rings. The normalized spacial score (nSPS) is 12.8. The van der Waals surface area contributed by atoms with Gasteiger partial charge in [-0.1, -0.05) is 19.1 Å². The maximum Gasteiger partial charge on any atom is 0.164 e. The van der Waals surface area contributed by atoms with E-state index in [1.54, 1.807) is 0 Å². The zero-order chi connectivity index (χ0) is 12.8. The topological polar surface area (TPSA) is 47.3 Å². The molecule has 0 fully saturated rings. The standard InChI is InChI=1S/C12H18F2N2O/c1-3-6-17-7-10(16-15)9-5-4-8(2)11(13)12(9)14/h4-5,10,16H,3,6-7,15H2,1-2H3. The van der Waals surface area contributed by atoms with E-state index >= 15 is 0 Å². The van der Waals surface area contributed by atoms with E-state index in [2.05, 4.69) is 5.43 Å². The van der Waals surface area contributed by atoms with E-state index in [1.807, 2.05) is 6.92 Å². The Kier molecular flexibility index (Phi) is 5.47. The molecular weight excluding hydrogens is 226 g/mol. The average molecular weight is 244 g/mol. The molecule has 1 aromatic carbocycles. The van der Waals surface area contributed by atoms with E-state index in [0.29, 0.717) is 6.61 Å². The van der Waals surface area contributed by atoms with Gasteiger partial charge in [-0.3, -0.25) is 11.3 Å². The van der Waals surface area contributed by atoms with Crippen LogP contribution < -0.4 is 11.3 Å². The van der Waals surface area contributed by atoms with Gasteiger partial charge in [0.25, 0.3) is 0 Å². The predicted octanol–water partition coefficient (Wildman–Crippen LogP) is 2.20. The summed E-state index contributed by atoms with van der Waals surface area (Å²) in [5.74, 6) is 3.62. The molecule has 96 valence electrons. The summed E-state index contributed by atoms with van der Waals surface area (Å²) in [5.41, 5.74) is 2.89. The lowest BCUT2D eigenvalue weighted by Crippen LogP contribution is -2.32. The monoisotopic (exact) mass is 244 g/mol. The van der Waals surface area contributed by atoms with E-state index in [9.17, 15) is 8.78 Å². The molecule has 0 aromatic heterocycles. The maximum absolute atomic E-state index is 13.7. The molecule has 0 radical (unpaired) electrons. The predicted molar refractivity (Wildman–Crippen MR) is 62.3 cm³/mol. The van der Waals surface area contributed by atoms with Gasteiger partial charge in [-0.15, -0.1) is 0 Å². The summed E-state index contributed by atoms with van der Waals surface area (Å²) in [6.45, 7) is 4.26. The first-order chi connectivity index (χ1) is 8.11. The largest absolute Gasteiger partial charge is 0.379 e. The summed E-state index contributed by atoms with van der Waals surface area (Å²) < 4.78 is 32.4. The molecular formula is C12H18F2N2O. The molecule has 1 unspecified atom stereocenters. The molecule has 0 heterocycles. The Morgan fingerprint density at radius 2 is 2.06 bits per heavy atom. The van der Waals surface area contributed by atoms with Gasteiger partial charge < -0.3 is 4.74 Å². The number of ether oxygens (including phenoxy) is 1. The number of nitrogens with one attached hydrogen (secondary N) is 1. The average Bonchev–Trinajstić information content (AvgIpc) is 2.33. The summed E-state index contributed by atoms with van der Waals surface area (Å²) in [4.78, 5) is 0. The molecule has 0 aliphatic heterocycles. The summed E-state index contributed by atoms with van der Waals surface area (Å²) in [7, 11) is 0. The number of benzene rings is 1. The van der Waals surface area contributed by atoms with Crippen molar-refractivity contribution in [1.82, 2.24) is 5.43 Å². The van der Waals surface area contributed by atoms with E-state index < -0.39 is 17.7 Å². The minimum absolute atomic E-state index is 0.187. The molecule has 1 rings (SSSR count). The third-order valence-corrected chi connectivity index (χ3v) is 2.51. The van der Waals surface area contributed by atoms with Crippen LogP contribution in [0.1, 0.15) is 30.5 Å². The molecule has 17 heavy (non-hydrogen) atoms. The van der Waals surface area contributed by atoms with Crippen LogP contribution in [0.25, 0.3) is 0 Å². The molecule has 0 aliphatic rings. The fourth-order valence-corrected chi connectivity index (χ4v) is 1.50. The van der Waals surface area contributed by atoms with Crippen molar-refractivity contribution in [1.29, 1.82) is 0 Å². The number of hydrogen-bond donors (Lipinski definition) is 2. The summed E-state index contributed by atoms with van der Waals surface area (Å²) in [6.07, 6.45) is 0.863. The van der Waals surface area contributed by atoms with Crippen LogP contribution in [0, 0.1) is 18.6 Å². The Morgan fingerprint density at radius 1 is 1.35 bits per heavy atom. The lowest BCUT2D eigenvalue weighted by molar-refractivity contribution is 0.111. The highest BCUT2D eigenvalue weighted by atomic mass is 19.2. The first-order valence-corrected chi connectivity index (χ1v) is 5.60. The van der Waals surface area contributed by atoms with Gasteiger partial charge in [0.05, 0.1) is 12.6 Å². The summed E-state index contributed by atoms with van der Waals surface area (Å²) >= 11 is 0. The molecule has 1 atom stereocenters. The lowest BCUT2D eigenvalue weighted by atomic mass is 10.0. The fraction of sp³-hybridized carbons (Fsp3) is 0.500. The van der Waals surface area contributed by atoms with Gasteiger partial charge in [-0.2, -0.15) is 0 Å². The van der Waals surface area contributed by atoms with Crippen molar-refractivity contribution in [3.8, 4) is 0 Å². The lowest BCUT2D eigenvalue weighted by Gasteiger charge is -2.17. The Balaban J connectivity index is 2.85. The number of nitrogens with two attached hydrogens (primary N) is 1. The van der Waals surface area contributed by atoms with Crippen LogP contribution >= 0.6 is 0 Å². The van der Waals surface area contributed by atoms with Crippen LogP contribution in [0.2, 0.25) is 0 Å². The van der Waals surface area contributed by atoms with E-state index in [0.717, 1.165) is 6.42 Å². The molecule has 0 spiro atoms. The van der Waals surface area contributed by atoms with Gasteiger partial charge in [-0.05, 0) is 18.9 Å². The maximum atomic E-state index is 13.7. The summed E-state index contributed by atoms with van der Waals surface area (Å²) in [6, 6.07) is 2.50. The SMILES string of the molecule is CCCOCC(NN)c1ccc(C)c(F)c1F. The second-order valence-corrected chi connectivity index (χ2v) is 3.89. The van der Waals surface area contributed by atoms with Crippen LogP contribution in [0.4, 0.5) is 8.78 Å². The first kappa shape index (κ1) is 14.0. The number of hydrogen-bond acceptors (Lipinski definition) is 3. The Morgan fingerprint density at radius 3 is 2.65 bits per heavy atom. The van der Waals surface area contributed by atoms with Crippen molar-refractivity contribution in [2.24, 2.45) is 5.84 Å². The second-order valence-electron chi connectivity index (χ2n) is 3.89. The van der Waals surface area contributed by atoms with Crippen molar-refractivity contribution in [3.05, 3.63) is 34.9 Å². The molecule has 0 bridgehead atoms. The van der Waals surface area contributed by atoms with Crippen LogP contribution in [0.3, 0.4) is 0 Å². The minimum Gasteiger partial charge on any atom is -0.379 e. The van der Waals surface area contributed by atoms with Crippen molar-refractivity contribution >= 4 is 0 Å². The first-order valence-electron chi connectivity index (χ1n) is 5.60. The van der Waals surface area contributed by atoms with E-state index in [4.69, 9.17) is 10.6 Å². The van der Waals surface area contributed by atoms with Gasteiger partial charge >= 0.3 is 0 Å². The molecule has 0 amide bonds. The Bertz CT molecular complexity index is 372. The second kappa shape index (κ2) is 6.64. The fourth-order valence-electron chi connectivity index (χ4n) is 1.50. The third kappa shape index (κ3) is 3.46. The van der Waals surface area contributed by atoms with Crippen LogP contribution in [0.5, 0.6) is 0 Å². The number of aryl methyl sites for hydroxylation is 1. The van der Waals surface area contributed by atoms with Crippen LogP contribution in [0.15, 0.2) is 12.1 Å². The zero-order valence-electron chi connectivity index (χ0n) is 10.1. The van der Waals surface area contributed by atoms with E-state index in [1.165, 1.54) is 19.1 Å². The van der Waals surface area contributed by atoms with Crippen LogP contribution in [-0.2, 0) is 4.74 Å². The van der Waals surface area contributed by atoms with Crippen molar-refractivity contribution < 1.29 is 13.5 Å². The van der Waals surface area contributed by atoms with Gasteiger partial charge in [0, 0.05) is 12.2 Å². The van der Waals surface area contributed by atoms with Crippen molar-refractivity contribution in [3.63, 3.8) is 0 Å². The third-order valence-electron chi connectivity index (χ3n) is 2.51. The van der Waals surface area contributed by atoms with Crippen molar-refractivity contribution in [2.75, 3.05) is 13.2 Å². The molecule has 0 aliphatic carbocycles. The quantitative estimate of drug-likeness (QED) is 0.458. The van der Waals surface area contributed by atoms with Crippen LogP contribution in [-0.4, -0.2) is 13.2 Å². The van der Waals surface area contributed by atoms with Crippen molar-refractivity contribution in [2.45, 2.75) is 26.3 Å². The molecule has 3 nitrogen and oxygen atoms in total. The highest BCUT2D eigenvalue weighted by molar-refractivity contribution is 5.27. The number of rotatable bonds is 6. The minimum atomic E-state index is -0.868. The molecule has 0 saturated heterocycles. The summed E-state index contributed by atoms with van der Waals surface area (Å²) in [5, 5.41) is 0. The number of halogens is 2. The van der Waals surface area contributed by atoms with Gasteiger partial charge in [0.15, 0.2) is 11.6 Å². The Hall–Kier alpha value is -1.04. The van der Waals surface area contributed by atoms with Gasteiger partial charge in [0.1, 0.15) is 0 Å². The zero-order valence-corrected chi connectivity index (χ0v) is 10.1. The number of hydrazine groups is 1. The molecule has 5 heteroatoms. The smallest absolute Gasteiger partial charge is 0.164 e. The van der Waals surface area contributed by atoms with E-state index in [-0.39, 0.29) is 17.7 Å². The molecule has 3 N–H and O–H groups in total. The highest BCUT2D eigenvalue weighted by Gasteiger charge is 2.18. The van der Waals surface area contributed by atoms with Gasteiger partial charge in [-0.25, -0.2) is 8.78 Å². The Labute approximate surface area is 99.9 Å². The molecule has 0 saturated carbocycles.